The fourth-order valence-electron chi connectivity index (χ4n) is 3.16. The van der Waals surface area contributed by atoms with Crippen LogP contribution in [-0.4, -0.2) is 33.3 Å². The summed E-state index contributed by atoms with van der Waals surface area (Å²) in [6.07, 6.45) is 1.93. The highest BCUT2D eigenvalue weighted by molar-refractivity contribution is 5.68. The average molecular weight is 348 g/mol. The number of aromatic hydroxyl groups is 1. The van der Waals surface area contributed by atoms with Crippen molar-refractivity contribution < 1.29 is 10.2 Å². The number of nitrogens with one attached hydrogen (secondary N) is 1. The van der Waals surface area contributed by atoms with E-state index in [2.05, 4.69) is 32.3 Å². The van der Waals surface area contributed by atoms with E-state index in [1.54, 1.807) is 24.3 Å². The van der Waals surface area contributed by atoms with Crippen molar-refractivity contribution in [2.75, 3.05) is 23.3 Å². The van der Waals surface area contributed by atoms with Gasteiger partial charge in [0.05, 0.1) is 23.7 Å². The third-order valence-corrected chi connectivity index (χ3v) is 4.49. The van der Waals surface area contributed by atoms with Gasteiger partial charge in [-0.2, -0.15) is 0 Å². The Morgan fingerprint density at radius 3 is 2.77 bits per heavy atom. The number of nitrogens with zero attached hydrogens (tertiary/aromatic N) is 3. The monoisotopic (exact) mass is 348 g/mol. The summed E-state index contributed by atoms with van der Waals surface area (Å²) in [5.41, 5.74) is 3.80. The van der Waals surface area contributed by atoms with Gasteiger partial charge in [-0.05, 0) is 29.8 Å². The Kier molecular flexibility index (Phi) is 4.41. The summed E-state index contributed by atoms with van der Waals surface area (Å²) in [4.78, 5) is 11.2. The predicted octanol–water partition coefficient (Wildman–Crippen LogP) is 3.02. The van der Waals surface area contributed by atoms with Crippen molar-refractivity contribution >= 4 is 17.3 Å². The van der Waals surface area contributed by atoms with Crippen LogP contribution in [0.5, 0.6) is 5.75 Å². The Labute approximate surface area is 151 Å². The summed E-state index contributed by atoms with van der Waals surface area (Å²) in [6.45, 7) is 1.15. The smallest absolute Gasteiger partial charge is 0.223 e. The summed E-state index contributed by atoms with van der Waals surface area (Å²) in [5.74, 6) is 0.634. The molecule has 0 spiro atoms. The van der Waals surface area contributed by atoms with Gasteiger partial charge in [0.1, 0.15) is 5.75 Å². The van der Waals surface area contributed by atoms with Gasteiger partial charge in [-0.1, -0.05) is 30.3 Å². The lowest BCUT2D eigenvalue weighted by atomic mass is 10.1. The Morgan fingerprint density at radius 1 is 1.12 bits per heavy atom. The van der Waals surface area contributed by atoms with Crippen molar-refractivity contribution in [3.63, 3.8) is 0 Å². The van der Waals surface area contributed by atoms with Crippen LogP contribution in [0, 0.1) is 0 Å². The maximum Gasteiger partial charge on any atom is 0.223 e. The number of hydrogen-bond acceptors (Lipinski definition) is 6. The minimum absolute atomic E-state index is 0.135. The third-order valence-electron chi connectivity index (χ3n) is 4.49. The molecule has 3 aromatic rings. The molecule has 0 amide bonds. The van der Waals surface area contributed by atoms with Gasteiger partial charge < -0.3 is 20.4 Å². The topological polar surface area (TPSA) is 81.5 Å². The predicted molar refractivity (Wildman–Crippen MR) is 101 cm³/mol. The van der Waals surface area contributed by atoms with Gasteiger partial charge in [0.25, 0.3) is 0 Å². The molecule has 0 unspecified atom stereocenters. The van der Waals surface area contributed by atoms with E-state index in [9.17, 15) is 10.2 Å². The standard InChI is InChI=1S/C20H20N4O2/c25-16-8-4-5-14(11-16)19(26)13-22-20-21-12-18-17(23-20)9-10-24(18)15-6-2-1-3-7-15/h1-8,11-12,19,25-26H,9-10,13H2,(H,21,22,23)/t19-/m1/s1. The molecule has 6 nitrogen and oxygen atoms in total. The third kappa shape index (κ3) is 3.32. The molecule has 1 aliphatic heterocycles. The Balaban J connectivity index is 1.45. The molecule has 3 N–H and O–H groups in total. The van der Waals surface area contributed by atoms with Gasteiger partial charge in [-0.3, -0.25) is 0 Å². The summed E-state index contributed by atoms with van der Waals surface area (Å²) in [7, 11) is 0. The fraction of sp³-hybridized carbons (Fsp3) is 0.200. The molecule has 0 saturated heterocycles. The van der Waals surface area contributed by atoms with E-state index in [1.165, 1.54) is 0 Å². The zero-order valence-corrected chi connectivity index (χ0v) is 14.2. The summed E-state index contributed by atoms with van der Waals surface area (Å²) in [5, 5.41) is 22.8. The van der Waals surface area contributed by atoms with Crippen LogP contribution in [-0.2, 0) is 6.42 Å². The van der Waals surface area contributed by atoms with E-state index >= 15 is 0 Å². The fourth-order valence-corrected chi connectivity index (χ4v) is 3.16. The highest BCUT2D eigenvalue weighted by Gasteiger charge is 2.22. The van der Waals surface area contributed by atoms with E-state index < -0.39 is 6.10 Å². The number of anilines is 3. The highest BCUT2D eigenvalue weighted by atomic mass is 16.3. The van der Waals surface area contributed by atoms with Gasteiger partial charge in [0.2, 0.25) is 5.95 Å². The lowest BCUT2D eigenvalue weighted by Gasteiger charge is -2.19. The zero-order valence-electron chi connectivity index (χ0n) is 14.2. The number of para-hydroxylation sites is 1. The first-order valence-electron chi connectivity index (χ1n) is 8.60. The molecule has 6 heteroatoms. The molecule has 0 saturated carbocycles. The number of aromatic nitrogens is 2. The second-order valence-electron chi connectivity index (χ2n) is 6.25. The maximum absolute atomic E-state index is 10.3. The molecule has 0 radical (unpaired) electrons. The molecule has 1 aliphatic rings. The molecular formula is C20H20N4O2. The summed E-state index contributed by atoms with van der Waals surface area (Å²) in [6, 6.07) is 16.8. The number of phenols is 1. The first kappa shape index (κ1) is 16.4. The SMILES string of the molecule is Oc1cccc([C@H](O)CNc2ncc3c(n2)CCN3c2ccccc2)c1. The molecule has 2 aromatic carbocycles. The number of phenolic OH excluding ortho intramolecular Hbond substituents is 1. The lowest BCUT2D eigenvalue weighted by molar-refractivity contribution is 0.191. The van der Waals surface area contributed by atoms with Crippen LogP contribution in [0.2, 0.25) is 0 Å². The van der Waals surface area contributed by atoms with Gasteiger partial charge in [-0.15, -0.1) is 0 Å². The number of fused-ring (bicyclic) bond motifs is 1. The number of hydrogen-bond donors (Lipinski definition) is 3. The number of aliphatic hydroxyl groups is 1. The van der Waals surface area contributed by atoms with Crippen LogP contribution < -0.4 is 10.2 Å². The molecule has 1 atom stereocenters. The molecule has 1 aromatic heterocycles. The second kappa shape index (κ2) is 7.01. The average Bonchev–Trinajstić information content (AvgIpc) is 3.10. The largest absolute Gasteiger partial charge is 0.508 e. The van der Waals surface area contributed by atoms with Gasteiger partial charge >= 0.3 is 0 Å². The first-order valence-corrected chi connectivity index (χ1v) is 8.60. The van der Waals surface area contributed by atoms with Crippen LogP contribution in [0.4, 0.5) is 17.3 Å². The Hall–Kier alpha value is -3.12. The van der Waals surface area contributed by atoms with Crippen LogP contribution in [0.15, 0.2) is 60.8 Å². The number of benzene rings is 2. The minimum Gasteiger partial charge on any atom is -0.508 e. The molecule has 4 rings (SSSR count). The zero-order chi connectivity index (χ0) is 17.9. The van der Waals surface area contributed by atoms with Crippen LogP contribution in [0.3, 0.4) is 0 Å². The van der Waals surface area contributed by atoms with Crippen molar-refractivity contribution in [1.29, 1.82) is 0 Å². The summed E-state index contributed by atoms with van der Waals surface area (Å²) < 4.78 is 0. The molecular weight excluding hydrogens is 328 g/mol. The van der Waals surface area contributed by atoms with Gasteiger partial charge in [-0.25, -0.2) is 9.97 Å². The minimum atomic E-state index is -0.750. The van der Waals surface area contributed by atoms with Crippen molar-refractivity contribution in [3.05, 3.63) is 72.1 Å². The molecule has 132 valence electrons. The quantitative estimate of drug-likeness (QED) is 0.658. The van der Waals surface area contributed by atoms with Gasteiger partial charge in [0, 0.05) is 25.2 Å². The highest BCUT2D eigenvalue weighted by Crippen LogP contribution is 2.33. The lowest BCUT2D eigenvalue weighted by Crippen LogP contribution is -2.15. The van der Waals surface area contributed by atoms with Gasteiger partial charge in [0.15, 0.2) is 0 Å². The summed E-state index contributed by atoms with van der Waals surface area (Å²) >= 11 is 0. The van der Waals surface area contributed by atoms with Crippen molar-refractivity contribution in [2.24, 2.45) is 0 Å². The van der Waals surface area contributed by atoms with Crippen LogP contribution in [0.25, 0.3) is 0 Å². The molecule has 0 fully saturated rings. The molecule has 0 aliphatic carbocycles. The first-order chi connectivity index (χ1) is 12.7. The Bertz CT molecular complexity index is 901. The van der Waals surface area contributed by atoms with Crippen LogP contribution >= 0.6 is 0 Å². The van der Waals surface area contributed by atoms with Crippen molar-refractivity contribution in [2.45, 2.75) is 12.5 Å². The van der Waals surface area contributed by atoms with Crippen molar-refractivity contribution in [1.82, 2.24) is 9.97 Å². The number of rotatable bonds is 5. The second-order valence-corrected chi connectivity index (χ2v) is 6.25. The van der Waals surface area contributed by atoms with E-state index in [4.69, 9.17) is 0 Å². The van der Waals surface area contributed by atoms with E-state index in [1.807, 2.05) is 24.4 Å². The molecule has 0 bridgehead atoms. The molecule has 2 heterocycles. The van der Waals surface area contributed by atoms with Crippen molar-refractivity contribution in [3.8, 4) is 5.75 Å². The number of aliphatic hydroxyl groups excluding tert-OH is 1. The molecule has 26 heavy (non-hydrogen) atoms. The maximum atomic E-state index is 10.3. The van der Waals surface area contributed by atoms with E-state index in [0.29, 0.717) is 11.5 Å². The van der Waals surface area contributed by atoms with E-state index in [-0.39, 0.29) is 12.3 Å². The van der Waals surface area contributed by atoms with Crippen LogP contribution in [0.1, 0.15) is 17.4 Å². The Morgan fingerprint density at radius 2 is 1.96 bits per heavy atom. The van der Waals surface area contributed by atoms with E-state index in [0.717, 1.165) is 30.0 Å². The normalized spacial score (nSPS) is 14.1.